The number of halogens is 3. The van der Waals surface area contributed by atoms with Crippen molar-refractivity contribution in [2.45, 2.75) is 6.42 Å². The molecular formula is C12H15BrClFN2O. The lowest BCUT2D eigenvalue weighted by Gasteiger charge is -2.11. The van der Waals surface area contributed by atoms with E-state index in [1.165, 1.54) is 6.07 Å². The molecule has 1 saturated heterocycles. The second-order valence-electron chi connectivity index (χ2n) is 4.17. The Kier molecular flexibility index (Phi) is 6.05. The zero-order chi connectivity index (χ0) is 12.3. The van der Waals surface area contributed by atoms with Gasteiger partial charge in [-0.15, -0.1) is 12.4 Å². The summed E-state index contributed by atoms with van der Waals surface area (Å²) in [7, 11) is 0. The molecular weight excluding hydrogens is 322 g/mol. The highest BCUT2D eigenvalue weighted by Gasteiger charge is 2.18. The minimum atomic E-state index is -0.499. The Balaban J connectivity index is 0.00000162. The van der Waals surface area contributed by atoms with Crippen molar-refractivity contribution in [1.29, 1.82) is 0 Å². The number of hydrogen-bond acceptors (Lipinski definition) is 2. The van der Waals surface area contributed by atoms with Crippen LogP contribution in [0.5, 0.6) is 0 Å². The van der Waals surface area contributed by atoms with Crippen LogP contribution in [-0.2, 0) is 0 Å². The van der Waals surface area contributed by atoms with Gasteiger partial charge >= 0.3 is 0 Å². The van der Waals surface area contributed by atoms with E-state index in [9.17, 15) is 9.18 Å². The average molecular weight is 338 g/mol. The number of benzene rings is 1. The number of nitrogens with one attached hydrogen (secondary N) is 2. The topological polar surface area (TPSA) is 41.1 Å². The van der Waals surface area contributed by atoms with Crippen LogP contribution in [0.3, 0.4) is 0 Å². The maximum Gasteiger partial charge on any atom is 0.255 e. The van der Waals surface area contributed by atoms with Gasteiger partial charge in [0.15, 0.2) is 0 Å². The van der Waals surface area contributed by atoms with E-state index in [0.29, 0.717) is 16.9 Å². The molecule has 0 aliphatic carbocycles. The van der Waals surface area contributed by atoms with Crippen LogP contribution >= 0.6 is 28.3 Å². The molecule has 3 nitrogen and oxygen atoms in total. The van der Waals surface area contributed by atoms with Crippen molar-refractivity contribution in [2.24, 2.45) is 5.92 Å². The van der Waals surface area contributed by atoms with Crippen LogP contribution in [0.15, 0.2) is 22.7 Å². The van der Waals surface area contributed by atoms with Crippen LogP contribution in [0.4, 0.5) is 4.39 Å². The molecule has 1 amide bonds. The molecule has 6 heteroatoms. The molecule has 0 aromatic heterocycles. The summed E-state index contributed by atoms with van der Waals surface area (Å²) >= 11 is 3.19. The van der Waals surface area contributed by atoms with Crippen LogP contribution in [-0.4, -0.2) is 25.5 Å². The standard InChI is InChI=1S/C12H14BrFN2O.ClH/c13-9-2-1-3-10(14)11(9)12(17)16-7-8-4-5-15-6-8;/h1-3,8,15H,4-7H2,(H,16,17);1H. The third kappa shape index (κ3) is 3.67. The van der Waals surface area contributed by atoms with Gasteiger partial charge in [0.2, 0.25) is 0 Å². The molecule has 0 spiro atoms. The largest absolute Gasteiger partial charge is 0.352 e. The van der Waals surface area contributed by atoms with E-state index in [4.69, 9.17) is 0 Å². The Morgan fingerprint density at radius 3 is 2.94 bits per heavy atom. The van der Waals surface area contributed by atoms with Gasteiger partial charge in [0.1, 0.15) is 5.82 Å². The molecule has 2 N–H and O–H groups in total. The molecule has 1 aliphatic heterocycles. The molecule has 0 saturated carbocycles. The molecule has 1 aromatic rings. The second-order valence-corrected chi connectivity index (χ2v) is 5.02. The van der Waals surface area contributed by atoms with Gasteiger partial charge in [-0.1, -0.05) is 6.07 Å². The van der Waals surface area contributed by atoms with Crippen LogP contribution in [0.2, 0.25) is 0 Å². The lowest BCUT2D eigenvalue weighted by atomic mass is 10.1. The second kappa shape index (κ2) is 7.07. The van der Waals surface area contributed by atoms with Gasteiger partial charge in [0.25, 0.3) is 5.91 Å². The van der Waals surface area contributed by atoms with Crippen LogP contribution in [0.25, 0.3) is 0 Å². The fourth-order valence-electron chi connectivity index (χ4n) is 1.93. The van der Waals surface area contributed by atoms with E-state index in [2.05, 4.69) is 26.6 Å². The molecule has 2 rings (SSSR count). The Hall–Kier alpha value is -0.650. The van der Waals surface area contributed by atoms with E-state index in [-0.39, 0.29) is 23.9 Å². The summed E-state index contributed by atoms with van der Waals surface area (Å²) < 4.78 is 14.0. The molecule has 18 heavy (non-hydrogen) atoms. The van der Waals surface area contributed by atoms with Gasteiger partial charge in [-0.2, -0.15) is 0 Å². The van der Waals surface area contributed by atoms with Crippen molar-refractivity contribution in [3.05, 3.63) is 34.1 Å². The van der Waals surface area contributed by atoms with Gasteiger partial charge in [0.05, 0.1) is 5.56 Å². The van der Waals surface area contributed by atoms with Crippen molar-refractivity contribution in [1.82, 2.24) is 10.6 Å². The van der Waals surface area contributed by atoms with Crippen molar-refractivity contribution >= 4 is 34.2 Å². The fraction of sp³-hybridized carbons (Fsp3) is 0.417. The molecule has 100 valence electrons. The van der Waals surface area contributed by atoms with Crippen molar-refractivity contribution in [2.75, 3.05) is 19.6 Å². The Morgan fingerprint density at radius 1 is 1.56 bits per heavy atom. The predicted molar refractivity (Wildman–Crippen MR) is 74.7 cm³/mol. The summed E-state index contributed by atoms with van der Waals surface area (Å²) in [6.07, 6.45) is 1.05. The van der Waals surface area contributed by atoms with Crippen molar-refractivity contribution < 1.29 is 9.18 Å². The molecule has 1 aromatic carbocycles. The first-order chi connectivity index (χ1) is 8.18. The zero-order valence-electron chi connectivity index (χ0n) is 9.71. The molecule has 1 unspecified atom stereocenters. The molecule has 1 aliphatic rings. The third-order valence-electron chi connectivity index (χ3n) is 2.90. The zero-order valence-corrected chi connectivity index (χ0v) is 12.1. The molecule has 0 bridgehead atoms. The number of hydrogen-bond donors (Lipinski definition) is 2. The third-order valence-corrected chi connectivity index (χ3v) is 3.56. The smallest absolute Gasteiger partial charge is 0.255 e. The number of carbonyl (C=O) groups is 1. The van der Waals surface area contributed by atoms with Gasteiger partial charge in [-0.25, -0.2) is 4.39 Å². The summed E-state index contributed by atoms with van der Waals surface area (Å²) in [5.41, 5.74) is 0.0819. The van der Waals surface area contributed by atoms with E-state index in [1.807, 2.05) is 0 Å². The quantitative estimate of drug-likeness (QED) is 0.889. The predicted octanol–water partition coefficient (Wildman–Crippen LogP) is 2.35. The Labute approximate surface area is 120 Å². The first-order valence-corrected chi connectivity index (χ1v) is 6.40. The van der Waals surface area contributed by atoms with Crippen molar-refractivity contribution in [3.63, 3.8) is 0 Å². The summed E-state index contributed by atoms with van der Waals surface area (Å²) in [4.78, 5) is 11.8. The maximum absolute atomic E-state index is 13.5. The summed E-state index contributed by atoms with van der Waals surface area (Å²) in [6.45, 7) is 2.50. The fourth-order valence-corrected chi connectivity index (χ4v) is 2.45. The number of carbonyl (C=O) groups excluding carboxylic acids is 1. The Bertz CT molecular complexity index is 404. The first kappa shape index (κ1) is 15.4. The molecule has 0 radical (unpaired) electrons. The maximum atomic E-state index is 13.5. The van der Waals surface area contributed by atoms with E-state index >= 15 is 0 Å². The average Bonchev–Trinajstić information content (AvgIpc) is 2.79. The highest BCUT2D eigenvalue weighted by atomic mass is 79.9. The summed E-state index contributed by atoms with van der Waals surface area (Å²) in [5, 5.41) is 6.00. The van der Waals surface area contributed by atoms with E-state index < -0.39 is 5.82 Å². The molecule has 1 fully saturated rings. The normalized spacial score (nSPS) is 18.2. The highest BCUT2D eigenvalue weighted by molar-refractivity contribution is 9.10. The molecule has 1 atom stereocenters. The lowest BCUT2D eigenvalue weighted by Crippen LogP contribution is -2.31. The lowest BCUT2D eigenvalue weighted by molar-refractivity contribution is 0.0943. The van der Waals surface area contributed by atoms with Gasteiger partial charge < -0.3 is 10.6 Å². The van der Waals surface area contributed by atoms with Crippen LogP contribution in [0.1, 0.15) is 16.8 Å². The minimum Gasteiger partial charge on any atom is -0.352 e. The number of amides is 1. The van der Waals surface area contributed by atoms with E-state index in [0.717, 1.165) is 19.5 Å². The monoisotopic (exact) mass is 336 g/mol. The van der Waals surface area contributed by atoms with Gasteiger partial charge in [0, 0.05) is 11.0 Å². The minimum absolute atomic E-state index is 0. The van der Waals surface area contributed by atoms with Crippen molar-refractivity contribution in [3.8, 4) is 0 Å². The summed E-state index contributed by atoms with van der Waals surface area (Å²) in [5.74, 6) is -0.409. The number of rotatable bonds is 3. The summed E-state index contributed by atoms with van der Waals surface area (Å²) in [6, 6.07) is 4.52. The van der Waals surface area contributed by atoms with Crippen LogP contribution in [0, 0.1) is 11.7 Å². The van der Waals surface area contributed by atoms with Crippen LogP contribution < -0.4 is 10.6 Å². The Morgan fingerprint density at radius 2 is 2.33 bits per heavy atom. The SMILES string of the molecule is Cl.O=C(NCC1CCNC1)c1c(F)cccc1Br. The van der Waals surface area contributed by atoms with E-state index in [1.54, 1.807) is 12.1 Å². The highest BCUT2D eigenvalue weighted by Crippen LogP contribution is 2.19. The molecule has 1 heterocycles. The van der Waals surface area contributed by atoms with Gasteiger partial charge in [-0.3, -0.25) is 4.79 Å². The first-order valence-electron chi connectivity index (χ1n) is 5.61. The van der Waals surface area contributed by atoms with Gasteiger partial charge in [-0.05, 0) is 53.5 Å².